The van der Waals surface area contributed by atoms with Crippen molar-refractivity contribution in [2.24, 2.45) is 5.92 Å². The van der Waals surface area contributed by atoms with Crippen molar-refractivity contribution in [3.05, 3.63) is 53.6 Å². The molecule has 6 nitrogen and oxygen atoms in total. The van der Waals surface area contributed by atoms with Crippen LogP contribution in [0.5, 0.6) is 0 Å². The molecule has 0 saturated carbocycles. The van der Waals surface area contributed by atoms with Gasteiger partial charge < -0.3 is 10.2 Å². The van der Waals surface area contributed by atoms with E-state index in [-0.39, 0.29) is 22.5 Å². The Kier molecular flexibility index (Phi) is 5.88. The summed E-state index contributed by atoms with van der Waals surface area (Å²) in [5, 5.41) is 2.77. The first-order valence-electron chi connectivity index (χ1n) is 9.98. The van der Waals surface area contributed by atoms with Crippen molar-refractivity contribution < 1.29 is 18.0 Å². The van der Waals surface area contributed by atoms with E-state index >= 15 is 0 Å². The molecule has 0 aromatic heterocycles. The van der Waals surface area contributed by atoms with Crippen LogP contribution in [0.4, 0.5) is 5.69 Å². The zero-order valence-electron chi connectivity index (χ0n) is 16.8. The van der Waals surface area contributed by atoms with Crippen LogP contribution < -0.4 is 5.32 Å². The first kappa shape index (κ1) is 20.9. The van der Waals surface area contributed by atoms with Crippen molar-refractivity contribution in [2.75, 3.05) is 23.4 Å². The SMILES string of the molecule is CC(CS(=O)(=O)c1ccc2c(c1)NC(=O)CCS2)C(=O)N1CCc2ccccc2C1. The lowest BCUT2D eigenvalue weighted by molar-refractivity contribution is -0.135. The van der Waals surface area contributed by atoms with Crippen LogP contribution in [-0.4, -0.2) is 43.2 Å². The number of carbonyl (C=O) groups excluding carboxylic acids is 2. The molecule has 0 saturated heterocycles. The minimum atomic E-state index is -3.67. The summed E-state index contributed by atoms with van der Waals surface area (Å²) >= 11 is 1.53. The fraction of sp³-hybridized carbons (Fsp3) is 0.364. The van der Waals surface area contributed by atoms with E-state index in [1.54, 1.807) is 24.0 Å². The van der Waals surface area contributed by atoms with Crippen LogP contribution in [0.25, 0.3) is 0 Å². The molecular weight excluding hydrogens is 420 g/mol. The maximum atomic E-state index is 13.0. The number of carbonyl (C=O) groups is 2. The Morgan fingerprint density at radius 2 is 1.93 bits per heavy atom. The molecule has 8 heteroatoms. The molecule has 1 N–H and O–H groups in total. The van der Waals surface area contributed by atoms with Crippen LogP contribution in [0.15, 0.2) is 52.3 Å². The van der Waals surface area contributed by atoms with Crippen molar-refractivity contribution in [3.63, 3.8) is 0 Å². The number of sulfone groups is 1. The van der Waals surface area contributed by atoms with Crippen LogP contribution in [-0.2, 0) is 32.4 Å². The highest BCUT2D eigenvalue weighted by Gasteiger charge is 2.29. The van der Waals surface area contributed by atoms with E-state index in [2.05, 4.69) is 11.4 Å². The Bertz CT molecular complexity index is 1100. The van der Waals surface area contributed by atoms with Crippen molar-refractivity contribution in [1.29, 1.82) is 0 Å². The maximum Gasteiger partial charge on any atom is 0.226 e. The molecule has 1 unspecified atom stereocenters. The Labute approximate surface area is 181 Å². The van der Waals surface area contributed by atoms with Crippen LogP contribution >= 0.6 is 11.8 Å². The van der Waals surface area contributed by atoms with Gasteiger partial charge in [-0.3, -0.25) is 9.59 Å². The molecule has 2 aliphatic rings. The van der Waals surface area contributed by atoms with Gasteiger partial charge in [-0.15, -0.1) is 11.8 Å². The van der Waals surface area contributed by atoms with Gasteiger partial charge in [-0.2, -0.15) is 0 Å². The topological polar surface area (TPSA) is 83.5 Å². The Morgan fingerprint density at radius 1 is 1.17 bits per heavy atom. The summed E-state index contributed by atoms with van der Waals surface area (Å²) in [4.78, 5) is 27.5. The number of hydrogen-bond acceptors (Lipinski definition) is 5. The van der Waals surface area contributed by atoms with Crippen molar-refractivity contribution in [1.82, 2.24) is 4.90 Å². The minimum Gasteiger partial charge on any atom is -0.338 e. The minimum absolute atomic E-state index is 0.121. The number of hydrogen-bond donors (Lipinski definition) is 1. The molecule has 2 aromatic rings. The second-order valence-corrected chi connectivity index (χ2v) is 10.9. The van der Waals surface area contributed by atoms with Gasteiger partial charge in [0, 0.05) is 36.1 Å². The van der Waals surface area contributed by atoms with E-state index in [0.29, 0.717) is 31.0 Å². The zero-order chi connectivity index (χ0) is 21.3. The molecular formula is C22H24N2O4S2. The third-order valence-corrected chi connectivity index (χ3v) is 8.49. The second-order valence-electron chi connectivity index (χ2n) is 7.77. The smallest absolute Gasteiger partial charge is 0.226 e. The summed E-state index contributed by atoms with van der Waals surface area (Å²) in [5.41, 5.74) is 2.88. The summed E-state index contributed by atoms with van der Waals surface area (Å²) in [6, 6.07) is 12.8. The highest BCUT2D eigenvalue weighted by atomic mass is 32.2. The molecule has 0 aliphatic carbocycles. The average Bonchev–Trinajstić information content (AvgIpc) is 2.92. The molecule has 2 amide bonds. The van der Waals surface area contributed by atoms with Crippen LogP contribution in [0, 0.1) is 5.92 Å². The highest BCUT2D eigenvalue weighted by Crippen LogP contribution is 2.33. The molecule has 0 bridgehead atoms. The van der Waals surface area contributed by atoms with Crippen molar-refractivity contribution in [3.8, 4) is 0 Å². The van der Waals surface area contributed by atoms with E-state index in [9.17, 15) is 18.0 Å². The Hall–Kier alpha value is -2.32. The van der Waals surface area contributed by atoms with Crippen LogP contribution in [0.3, 0.4) is 0 Å². The molecule has 2 heterocycles. The lowest BCUT2D eigenvalue weighted by Crippen LogP contribution is -2.40. The first-order chi connectivity index (χ1) is 14.3. The Morgan fingerprint density at radius 3 is 2.73 bits per heavy atom. The molecule has 2 aromatic carbocycles. The summed E-state index contributed by atoms with van der Waals surface area (Å²) in [6.45, 7) is 2.78. The van der Waals surface area contributed by atoms with Gasteiger partial charge >= 0.3 is 0 Å². The third-order valence-electron chi connectivity index (χ3n) is 5.50. The second kappa shape index (κ2) is 8.43. The zero-order valence-corrected chi connectivity index (χ0v) is 18.4. The van der Waals surface area contributed by atoms with Gasteiger partial charge in [0.2, 0.25) is 11.8 Å². The van der Waals surface area contributed by atoms with Gasteiger partial charge in [-0.05, 0) is 35.7 Å². The summed E-state index contributed by atoms with van der Waals surface area (Å²) in [7, 11) is -3.67. The molecule has 158 valence electrons. The van der Waals surface area contributed by atoms with E-state index in [0.717, 1.165) is 16.9 Å². The summed E-state index contributed by atoms with van der Waals surface area (Å²) in [5.74, 6) is -0.515. The van der Waals surface area contributed by atoms with E-state index in [1.165, 1.54) is 23.4 Å². The van der Waals surface area contributed by atoms with Gasteiger partial charge in [0.15, 0.2) is 9.84 Å². The molecule has 30 heavy (non-hydrogen) atoms. The Balaban J connectivity index is 1.48. The molecule has 2 aliphatic heterocycles. The largest absolute Gasteiger partial charge is 0.338 e. The lowest BCUT2D eigenvalue weighted by atomic mass is 9.99. The lowest BCUT2D eigenvalue weighted by Gasteiger charge is -2.31. The number of nitrogens with one attached hydrogen (secondary N) is 1. The van der Waals surface area contributed by atoms with E-state index in [1.807, 2.05) is 18.2 Å². The number of thioether (sulfide) groups is 1. The third kappa shape index (κ3) is 4.39. The van der Waals surface area contributed by atoms with Gasteiger partial charge in [0.05, 0.1) is 16.3 Å². The fourth-order valence-electron chi connectivity index (χ4n) is 3.88. The summed E-state index contributed by atoms with van der Waals surface area (Å²) in [6.07, 6.45) is 1.18. The number of rotatable bonds is 4. The maximum absolute atomic E-state index is 13.0. The molecule has 0 radical (unpaired) electrons. The predicted molar refractivity (Wildman–Crippen MR) is 117 cm³/mol. The van der Waals surface area contributed by atoms with E-state index in [4.69, 9.17) is 0 Å². The predicted octanol–water partition coefficient (Wildman–Crippen LogP) is 3.12. The van der Waals surface area contributed by atoms with Crippen LogP contribution in [0.1, 0.15) is 24.5 Å². The number of anilines is 1. The molecule has 0 fully saturated rings. The number of nitrogens with zero attached hydrogens (tertiary/aromatic N) is 1. The van der Waals surface area contributed by atoms with Gasteiger partial charge in [-0.25, -0.2) is 8.42 Å². The van der Waals surface area contributed by atoms with Gasteiger partial charge in [0.1, 0.15) is 0 Å². The normalized spacial score (nSPS) is 17.4. The summed E-state index contributed by atoms with van der Waals surface area (Å²) < 4.78 is 26.0. The first-order valence-corrected chi connectivity index (χ1v) is 12.6. The van der Waals surface area contributed by atoms with E-state index < -0.39 is 15.8 Å². The highest BCUT2D eigenvalue weighted by molar-refractivity contribution is 7.99. The molecule has 1 atom stereocenters. The van der Waals surface area contributed by atoms with Gasteiger partial charge in [0.25, 0.3) is 0 Å². The number of fused-ring (bicyclic) bond motifs is 2. The number of benzene rings is 2. The fourth-order valence-corrected chi connectivity index (χ4v) is 6.39. The standard InChI is InChI=1S/C22H24N2O4S2/c1-15(22(26)24-10-8-16-4-2-3-5-17(16)13-24)14-30(27,28)18-6-7-20-19(12-18)23-21(25)9-11-29-20/h2-7,12,15H,8-11,13-14H2,1H3,(H,23,25). The quantitative estimate of drug-likeness (QED) is 0.783. The van der Waals surface area contributed by atoms with Gasteiger partial charge in [-0.1, -0.05) is 31.2 Å². The van der Waals surface area contributed by atoms with Crippen LogP contribution in [0.2, 0.25) is 0 Å². The monoisotopic (exact) mass is 444 g/mol. The van der Waals surface area contributed by atoms with Crippen molar-refractivity contribution in [2.45, 2.75) is 36.1 Å². The average molecular weight is 445 g/mol. The number of amides is 2. The molecule has 4 rings (SSSR count). The van der Waals surface area contributed by atoms with Crippen molar-refractivity contribution >= 4 is 39.1 Å². The molecule has 0 spiro atoms.